The normalized spacial score (nSPS) is 28.5. The highest BCUT2D eigenvalue weighted by Crippen LogP contribution is 2.49. The summed E-state index contributed by atoms with van der Waals surface area (Å²) in [7, 11) is 1.49. The Morgan fingerprint density at radius 3 is 2.17 bits per heavy atom. The number of nitrogens with one attached hydrogen (secondary N) is 6. The Bertz CT molecular complexity index is 3970. The zero-order valence-electron chi connectivity index (χ0n) is 54.6. The number of ether oxygens (including phenoxy) is 6. The maximum atomic E-state index is 14.6. The third kappa shape index (κ3) is 17.3. The molecule has 5 aromatic carbocycles. The molecule has 2 saturated heterocycles. The molecule has 5 heterocycles. The number of phenols is 3. The van der Waals surface area contributed by atoms with E-state index in [2.05, 4.69) is 31.9 Å². The highest BCUT2D eigenvalue weighted by atomic mass is 35.5. The lowest BCUT2D eigenvalue weighted by Gasteiger charge is -2.47. The van der Waals surface area contributed by atoms with Crippen molar-refractivity contribution in [3.63, 3.8) is 0 Å². The molecule has 18 atom stereocenters. The third-order valence-electron chi connectivity index (χ3n) is 17.5. The predicted octanol–water partition coefficient (Wildman–Crippen LogP) is -0.245. The van der Waals surface area contributed by atoms with Gasteiger partial charge in [-0.25, -0.2) is 0 Å². The number of phenolic OH excluding ortho intramolecular Hbond substituents is 3. The Kier molecular flexibility index (Phi) is 23.9. The highest BCUT2D eigenvalue weighted by molar-refractivity contribution is 6.32. The van der Waals surface area contributed by atoms with E-state index in [1.54, 1.807) is 0 Å². The topological polar surface area (TPSA) is 548 Å². The van der Waals surface area contributed by atoms with Crippen molar-refractivity contribution >= 4 is 64.6 Å². The number of halogens is 2. The van der Waals surface area contributed by atoms with Crippen LogP contribution in [0.5, 0.6) is 46.0 Å². The van der Waals surface area contributed by atoms with Gasteiger partial charge in [-0.2, -0.15) is 0 Å². The maximum absolute atomic E-state index is 14.6. The number of benzene rings is 5. The molecule has 6 amide bonds. The molecular formula is C66H79Cl2N9O24. The van der Waals surface area contributed by atoms with Gasteiger partial charge in [0.15, 0.2) is 23.9 Å². The van der Waals surface area contributed by atoms with Crippen LogP contribution >= 0.6 is 23.2 Å². The Hall–Kier alpha value is -8.75. The number of hydrogen-bond acceptors (Lipinski definition) is 26. The number of likely N-dealkylation sites (N-methyl/N-ethyl adjacent to an activating group) is 1. The van der Waals surface area contributed by atoms with E-state index >= 15 is 0 Å². The summed E-state index contributed by atoms with van der Waals surface area (Å²) in [5.41, 5.74) is 15.4. The van der Waals surface area contributed by atoms with Crippen LogP contribution in [-0.2, 0) is 54.2 Å². The number of primary amides is 2. The number of amides is 6. The first kappa shape index (κ1) is 76.4. The number of aliphatic hydroxyl groups is 7. The molecule has 2 unspecified atom stereocenters. The second kappa shape index (κ2) is 31.6. The van der Waals surface area contributed by atoms with Gasteiger partial charge in [0.05, 0.1) is 53.8 Å². The monoisotopic (exact) mass is 1450 g/mol. The van der Waals surface area contributed by atoms with Gasteiger partial charge in [-0.3, -0.25) is 38.9 Å². The van der Waals surface area contributed by atoms with E-state index in [9.17, 15) is 89.7 Å². The van der Waals surface area contributed by atoms with E-state index < -0.39 is 216 Å². The van der Waals surface area contributed by atoms with Gasteiger partial charge in [0.2, 0.25) is 47.5 Å². The summed E-state index contributed by atoms with van der Waals surface area (Å²) < 4.78 is 38.0. The van der Waals surface area contributed by atoms with E-state index in [4.69, 9.17) is 68.8 Å². The van der Waals surface area contributed by atoms with E-state index in [0.717, 1.165) is 42.5 Å². The lowest BCUT2D eigenvalue weighted by Crippen LogP contribution is -2.64. The number of aliphatic hydroxyl groups excluding tert-OH is 7. The van der Waals surface area contributed by atoms with Gasteiger partial charge in [-0.05, 0) is 116 Å². The van der Waals surface area contributed by atoms with Gasteiger partial charge < -0.3 is 128 Å². The Morgan fingerprint density at radius 1 is 0.812 bits per heavy atom. The third-order valence-corrected chi connectivity index (χ3v) is 18.1. The van der Waals surface area contributed by atoms with Gasteiger partial charge in [-0.1, -0.05) is 55.2 Å². The first-order chi connectivity index (χ1) is 47.6. The fourth-order valence-electron chi connectivity index (χ4n) is 12.3. The lowest BCUT2D eigenvalue weighted by molar-refractivity contribution is -0.333. The van der Waals surface area contributed by atoms with E-state index in [1.165, 1.54) is 57.3 Å². The maximum Gasteiger partial charge on any atom is 0.325 e. The summed E-state index contributed by atoms with van der Waals surface area (Å²) in [5, 5.41) is 138. The van der Waals surface area contributed by atoms with Crippen LogP contribution in [0.25, 0.3) is 11.1 Å². The molecule has 6 bridgehead atoms. The molecule has 0 aromatic heterocycles. The smallest absolute Gasteiger partial charge is 0.325 e. The van der Waals surface area contributed by atoms with Gasteiger partial charge >= 0.3 is 5.97 Å². The highest BCUT2D eigenvalue weighted by Gasteiger charge is 2.51. The predicted molar refractivity (Wildman–Crippen MR) is 352 cm³/mol. The van der Waals surface area contributed by atoms with Gasteiger partial charge in [0, 0.05) is 29.2 Å². The van der Waals surface area contributed by atoms with E-state index in [0.29, 0.717) is 0 Å². The Balaban J connectivity index is 1.19. The number of rotatable bonds is 18. The molecular weight excluding hydrogens is 1370 g/mol. The van der Waals surface area contributed by atoms with E-state index in [-0.39, 0.29) is 68.5 Å². The SMILES string of the molecule is CN[C@H](CC(C)C)C(=O)NC1C(=O)N[C@@H](CC(N)=O)C(=O)N[C@@H](C(N)=O)c2cc(c(OC3O[C@H](CO)[C@@H](O)[C@H](O)[C@H]3O[C@H]3C[C@](C)(N)[C@H](O)[C@H](C)O3)c(Oc3ccc([C@@H](O)[C@@H]4NC(=O)Cc5ccc(O)c(c5)-c5c(O)cc(O)cc5[C@@H](C(=O)O)N[C@@H]4O)cc3Cl)c2)Oc2ccc(cc2Cl)[C@H]1O. The minimum Gasteiger partial charge on any atom is -0.508 e. The van der Waals surface area contributed by atoms with Crippen LogP contribution in [-0.4, -0.2) is 196 Å². The van der Waals surface area contributed by atoms with Crippen LogP contribution in [0.15, 0.2) is 78.9 Å². The number of carbonyl (C=O) groups is 7. The molecule has 0 aliphatic carbocycles. The van der Waals surface area contributed by atoms with Crippen LogP contribution in [0.2, 0.25) is 10.0 Å². The molecule has 0 spiro atoms. The van der Waals surface area contributed by atoms with Crippen LogP contribution < -0.4 is 63.3 Å². The van der Waals surface area contributed by atoms with Crippen molar-refractivity contribution in [2.45, 2.75) is 163 Å². The number of aliphatic carboxylic acids is 1. The summed E-state index contributed by atoms with van der Waals surface area (Å²) >= 11 is 14.0. The second-order valence-corrected chi connectivity index (χ2v) is 26.5. The Morgan fingerprint density at radius 2 is 1.53 bits per heavy atom. The van der Waals surface area contributed by atoms with Gasteiger partial charge in [-0.15, -0.1) is 0 Å². The van der Waals surface area contributed by atoms with Crippen molar-refractivity contribution in [1.82, 2.24) is 31.9 Å². The molecule has 5 aromatic rings. The minimum atomic E-state index is -2.22. The minimum absolute atomic E-state index is 0.0534. The molecule has 5 aliphatic rings. The summed E-state index contributed by atoms with van der Waals surface area (Å²) in [6.45, 7) is 5.71. The van der Waals surface area contributed by atoms with Crippen molar-refractivity contribution in [2.24, 2.45) is 23.1 Å². The molecule has 23 N–H and O–H groups in total. The zero-order chi connectivity index (χ0) is 74.0. The average Bonchev–Trinajstić information content (AvgIpc) is 0.776. The molecule has 0 radical (unpaired) electrons. The van der Waals surface area contributed by atoms with Crippen molar-refractivity contribution in [2.75, 3.05) is 13.7 Å². The van der Waals surface area contributed by atoms with Crippen molar-refractivity contribution in [3.8, 4) is 57.1 Å². The van der Waals surface area contributed by atoms with Gasteiger partial charge in [0.1, 0.15) is 89.7 Å². The number of aromatic hydroxyl groups is 3. The Labute approximate surface area is 585 Å². The number of fused-ring (bicyclic) bond motifs is 13. The van der Waals surface area contributed by atoms with Crippen molar-refractivity contribution in [1.29, 1.82) is 0 Å². The largest absolute Gasteiger partial charge is 0.508 e. The summed E-state index contributed by atoms with van der Waals surface area (Å²) in [4.78, 5) is 96.6. The first-order valence-corrected chi connectivity index (χ1v) is 32.4. The molecule has 33 nitrogen and oxygen atoms in total. The molecule has 546 valence electrons. The summed E-state index contributed by atoms with van der Waals surface area (Å²) in [6.07, 6.45) is -20.7. The zero-order valence-corrected chi connectivity index (χ0v) is 56.2. The molecule has 35 heteroatoms. The van der Waals surface area contributed by atoms with Crippen LogP contribution in [0, 0.1) is 5.92 Å². The molecule has 101 heavy (non-hydrogen) atoms. The van der Waals surface area contributed by atoms with Crippen LogP contribution in [0.4, 0.5) is 0 Å². The van der Waals surface area contributed by atoms with Crippen molar-refractivity contribution in [3.05, 3.63) is 117 Å². The standard InChI is InChI=1S/C66H79Cl2N9O24/c1-24(2)12-35(72-5)60(90)77-51-53(85)28-8-11-40(34(68)16-28)98-42-18-29(48(59(70)89)75-61(91)36(21-44(69)82)73-62(51)92)17-41(56(42)101-65-57(55(87)54(86)43(23-78)99-65)100-46-22-66(4,71)58(88)25(3)96-46)97-39-10-7-27(15-33(39)67)52(84)50-63(93)76-49(64(94)95)32-19-30(79)20-38(81)47(32)31-13-26(6-9-37(31)80)14-45(83)74-50/h6-11,13,15-20,24-25,35-36,43,46,48-55,57-58,63,65,72,76,78-81,84-88,93H,12,14,21-23,71H2,1-5H3,(H2,69,82)(H2,70,89)(H,73,92)(H,74,83)(H,75,91)(H,77,90)(H,94,95)/t25-,35+,36-,43+,46-,48+,49-,50-,51?,52+,53+,54+,55-,57+,58+,63+,65?,66-/m0/s1. The summed E-state index contributed by atoms with van der Waals surface area (Å²) in [5.74, 6) is -12.7. The molecule has 0 saturated carbocycles. The quantitative estimate of drug-likeness (QED) is 0.0538. The molecule has 2 fully saturated rings. The fourth-order valence-corrected chi connectivity index (χ4v) is 12.7. The van der Waals surface area contributed by atoms with Crippen LogP contribution in [0.3, 0.4) is 0 Å². The fraction of sp³-hybridized carbons (Fsp3) is 0.439. The first-order valence-electron chi connectivity index (χ1n) is 31.6. The van der Waals surface area contributed by atoms with E-state index in [1.807, 2.05) is 13.8 Å². The molecule has 10 rings (SSSR count). The number of carbonyl (C=O) groups excluding carboxylic acids is 6. The molecule has 5 aliphatic heterocycles. The number of hydrogen-bond donors (Lipinski definition) is 20. The number of carboxylic acids is 1. The van der Waals surface area contributed by atoms with Crippen molar-refractivity contribution < 1.29 is 118 Å². The van der Waals surface area contributed by atoms with Gasteiger partial charge in [0.25, 0.3) is 0 Å². The summed E-state index contributed by atoms with van der Waals surface area (Å²) in [6, 6.07) is 3.82. The second-order valence-electron chi connectivity index (χ2n) is 25.6. The van der Waals surface area contributed by atoms with Crippen LogP contribution in [0.1, 0.15) is 99.1 Å². The lowest BCUT2D eigenvalue weighted by atomic mass is 9.86. The number of nitrogens with two attached hydrogens (primary N) is 3. The average molecular weight is 1450 g/mol. The number of carboxylic acid groups (broad SMARTS) is 1.